The minimum atomic E-state index is -0.653. The average Bonchev–Trinajstić information content (AvgIpc) is 3.08. The number of hydrogen-bond donors (Lipinski definition) is 2. The van der Waals surface area contributed by atoms with Crippen molar-refractivity contribution in [1.82, 2.24) is 14.9 Å². The zero-order valence-electron chi connectivity index (χ0n) is 17.4. The van der Waals surface area contributed by atoms with Gasteiger partial charge in [0.2, 0.25) is 5.95 Å². The van der Waals surface area contributed by atoms with Gasteiger partial charge in [-0.15, -0.1) is 0 Å². The smallest absolute Gasteiger partial charge is 0.345 e. The first-order valence-corrected chi connectivity index (χ1v) is 10.3. The second kappa shape index (κ2) is 9.69. The molecule has 0 radical (unpaired) electrons. The van der Waals surface area contributed by atoms with Crippen molar-refractivity contribution in [3.63, 3.8) is 0 Å². The predicted octanol–water partition coefficient (Wildman–Crippen LogP) is 2.83. The largest absolute Gasteiger partial charge is 0.462 e. The monoisotopic (exact) mass is 398 g/mol. The van der Waals surface area contributed by atoms with Crippen LogP contribution < -0.4 is 10.9 Å². The summed E-state index contributed by atoms with van der Waals surface area (Å²) in [7, 11) is 0. The molecule has 156 valence electrons. The normalized spacial score (nSPS) is 16.9. The maximum atomic E-state index is 12.1. The number of nitrogens with one attached hydrogen (secondary N) is 2. The Labute approximate surface area is 171 Å². The van der Waals surface area contributed by atoms with Crippen molar-refractivity contribution in [3.05, 3.63) is 57.5 Å². The fourth-order valence-corrected chi connectivity index (χ4v) is 3.69. The highest BCUT2D eigenvalue weighted by Gasteiger charge is 2.23. The van der Waals surface area contributed by atoms with Crippen LogP contribution in [0.3, 0.4) is 0 Å². The van der Waals surface area contributed by atoms with Crippen LogP contribution in [-0.2, 0) is 17.7 Å². The van der Waals surface area contributed by atoms with Crippen molar-refractivity contribution < 1.29 is 9.53 Å². The molecule has 1 aliphatic heterocycles. The van der Waals surface area contributed by atoms with E-state index in [2.05, 4.69) is 58.3 Å². The molecule has 0 amide bonds. The highest BCUT2D eigenvalue weighted by molar-refractivity contribution is 5.88. The number of esters is 1. The van der Waals surface area contributed by atoms with Gasteiger partial charge in [0.25, 0.3) is 5.56 Å². The average molecular weight is 399 g/mol. The Balaban J connectivity index is 1.56. The molecule has 2 N–H and O–H groups in total. The zero-order valence-corrected chi connectivity index (χ0v) is 17.4. The lowest BCUT2D eigenvalue weighted by molar-refractivity contribution is 0.0524. The topological polar surface area (TPSA) is 87.3 Å². The van der Waals surface area contributed by atoms with Crippen LogP contribution in [0.2, 0.25) is 0 Å². The minimum Gasteiger partial charge on any atom is -0.462 e. The molecule has 0 aliphatic carbocycles. The molecule has 1 aliphatic rings. The van der Waals surface area contributed by atoms with Crippen molar-refractivity contribution >= 4 is 11.9 Å². The minimum absolute atomic E-state index is 0.0771. The number of rotatable bonds is 8. The Morgan fingerprint density at radius 2 is 2.17 bits per heavy atom. The van der Waals surface area contributed by atoms with Gasteiger partial charge in [-0.05, 0) is 36.8 Å². The highest BCUT2D eigenvalue weighted by Crippen LogP contribution is 2.18. The first-order valence-electron chi connectivity index (χ1n) is 10.3. The van der Waals surface area contributed by atoms with E-state index in [1.54, 1.807) is 6.92 Å². The standard InChI is InChI=1S/C22H30N4O3/c1-4-29-21(28)19-12-23-22(25-20(19)27)24-18-8-9-26(14-18)13-17-7-5-6-16(11-17)10-15(2)3/h5-7,11-12,15,18H,4,8-10,13-14H2,1-3H3,(H2,23,24,25,27). The lowest BCUT2D eigenvalue weighted by atomic mass is 10.0. The third-order valence-corrected chi connectivity index (χ3v) is 4.95. The van der Waals surface area contributed by atoms with Crippen LogP contribution in [0.5, 0.6) is 0 Å². The molecule has 3 rings (SSSR count). The summed E-state index contributed by atoms with van der Waals surface area (Å²) in [5, 5.41) is 3.27. The summed E-state index contributed by atoms with van der Waals surface area (Å²) in [6.07, 6.45) is 3.33. The summed E-state index contributed by atoms with van der Waals surface area (Å²) in [5.41, 5.74) is 2.15. The number of H-pyrrole nitrogens is 1. The number of anilines is 1. The molecule has 1 atom stereocenters. The Kier molecular flexibility index (Phi) is 7.04. The van der Waals surface area contributed by atoms with Crippen molar-refractivity contribution in [2.24, 2.45) is 5.92 Å². The third kappa shape index (κ3) is 5.90. The van der Waals surface area contributed by atoms with Gasteiger partial charge in [-0.1, -0.05) is 38.1 Å². The molecule has 7 nitrogen and oxygen atoms in total. The van der Waals surface area contributed by atoms with Crippen LogP contribution in [-0.4, -0.2) is 46.6 Å². The molecule has 2 aromatic rings. The maximum absolute atomic E-state index is 12.1. The number of benzene rings is 1. The lowest BCUT2D eigenvalue weighted by Crippen LogP contribution is -2.28. The lowest BCUT2D eigenvalue weighted by Gasteiger charge is -2.17. The molecular formula is C22H30N4O3. The van der Waals surface area contributed by atoms with Gasteiger partial charge in [0, 0.05) is 25.7 Å². The van der Waals surface area contributed by atoms with Crippen molar-refractivity contribution in [2.75, 3.05) is 25.0 Å². The molecule has 7 heteroatoms. The van der Waals surface area contributed by atoms with Crippen molar-refractivity contribution in [1.29, 1.82) is 0 Å². The number of ether oxygens (including phenoxy) is 1. The number of aromatic amines is 1. The number of nitrogens with zero attached hydrogens (tertiary/aromatic N) is 2. The van der Waals surface area contributed by atoms with E-state index < -0.39 is 11.5 Å². The molecule has 0 saturated carbocycles. The first kappa shape index (κ1) is 21.0. The van der Waals surface area contributed by atoms with E-state index in [9.17, 15) is 9.59 Å². The van der Waals surface area contributed by atoms with E-state index in [4.69, 9.17) is 4.74 Å². The van der Waals surface area contributed by atoms with E-state index in [-0.39, 0.29) is 18.2 Å². The number of hydrogen-bond acceptors (Lipinski definition) is 6. The summed E-state index contributed by atoms with van der Waals surface area (Å²) in [4.78, 5) is 33.0. The number of carbonyl (C=O) groups excluding carboxylic acids is 1. The Morgan fingerprint density at radius 3 is 2.90 bits per heavy atom. The quantitative estimate of drug-likeness (QED) is 0.665. The summed E-state index contributed by atoms with van der Waals surface area (Å²) < 4.78 is 4.86. The molecule has 1 saturated heterocycles. The van der Waals surface area contributed by atoms with Crippen molar-refractivity contribution in [3.8, 4) is 0 Å². The second-order valence-corrected chi connectivity index (χ2v) is 7.98. The Hall–Kier alpha value is -2.67. The molecule has 1 fully saturated rings. The molecule has 0 spiro atoms. The fraction of sp³-hybridized carbons (Fsp3) is 0.500. The van der Waals surface area contributed by atoms with Crippen LogP contribution in [0.4, 0.5) is 5.95 Å². The van der Waals surface area contributed by atoms with Crippen molar-refractivity contribution in [2.45, 2.75) is 46.2 Å². The van der Waals surface area contributed by atoms with Crippen LogP contribution in [0.15, 0.2) is 35.3 Å². The third-order valence-electron chi connectivity index (χ3n) is 4.95. The Bertz CT molecular complexity index is 894. The van der Waals surface area contributed by atoms with Gasteiger partial charge in [-0.2, -0.15) is 0 Å². The predicted molar refractivity (Wildman–Crippen MR) is 113 cm³/mol. The van der Waals surface area contributed by atoms with E-state index >= 15 is 0 Å². The van der Waals surface area contributed by atoms with Gasteiger partial charge in [-0.3, -0.25) is 14.7 Å². The highest BCUT2D eigenvalue weighted by atomic mass is 16.5. The second-order valence-electron chi connectivity index (χ2n) is 7.98. The molecule has 1 aromatic heterocycles. The molecule has 1 aromatic carbocycles. The van der Waals surface area contributed by atoms with Gasteiger partial charge in [0.15, 0.2) is 0 Å². The summed E-state index contributed by atoms with van der Waals surface area (Å²) >= 11 is 0. The van der Waals surface area contributed by atoms with Gasteiger partial charge >= 0.3 is 5.97 Å². The summed E-state index contributed by atoms with van der Waals surface area (Å²) in [6.45, 7) is 9.16. The molecule has 2 heterocycles. The maximum Gasteiger partial charge on any atom is 0.345 e. The molecule has 0 bridgehead atoms. The van der Waals surface area contributed by atoms with Crippen LogP contribution >= 0.6 is 0 Å². The van der Waals surface area contributed by atoms with Gasteiger partial charge < -0.3 is 10.1 Å². The summed E-state index contributed by atoms with van der Waals surface area (Å²) in [5.74, 6) is 0.379. The van der Waals surface area contributed by atoms with E-state index in [0.717, 1.165) is 32.5 Å². The summed E-state index contributed by atoms with van der Waals surface area (Å²) in [6, 6.07) is 9.01. The zero-order chi connectivity index (χ0) is 20.8. The Morgan fingerprint density at radius 1 is 1.38 bits per heavy atom. The van der Waals surface area contributed by atoms with E-state index in [1.807, 2.05) is 0 Å². The van der Waals surface area contributed by atoms with Gasteiger partial charge in [0.05, 0.1) is 12.8 Å². The van der Waals surface area contributed by atoms with E-state index in [1.165, 1.54) is 17.3 Å². The SMILES string of the molecule is CCOC(=O)c1cnc(NC2CCN(Cc3cccc(CC(C)C)c3)C2)[nH]c1=O. The van der Waals surface area contributed by atoms with Crippen LogP contribution in [0.1, 0.15) is 48.7 Å². The molecular weight excluding hydrogens is 368 g/mol. The molecule has 29 heavy (non-hydrogen) atoms. The first-order chi connectivity index (χ1) is 13.9. The van der Waals surface area contributed by atoms with E-state index in [0.29, 0.717) is 11.9 Å². The van der Waals surface area contributed by atoms with Crippen LogP contribution in [0, 0.1) is 5.92 Å². The molecule has 1 unspecified atom stereocenters. The number of aromatic nitrogens is 2. The van der Waals surface area contributed by atoms with Gasteiger partial charge in [0.1, 0.15) is 5.56 Å². The number of carbonyl (C=O) groups is 1. The fourth-order valence-electron chi connectivity index (χ4n) is 3.69. The number of likely N-dealkylation sites (tertiary alicyclic amines) is 1. The van der Waals surface area contributed by atoms with Gasteiger partial charge in [-0.25, -0.2) is 9.78 Å². The van der Waals surface area contributed by atoms with Crippen LogP contribution in [0.25, 0.3) is 0 Å².